The first-order valence-electron chi connectivity index (χ1n) is 7.03. The zero-order valence-corrected chi connectivity index (χ0v) is 12.5. The van der Waals surface area contributed by atoms with E-state index in [1.807, 2.05) is 26.0 Å². The maximum absolute atomic E-state index is 3.97. The summed E-state index contributed by atoms with van der Waals surface area (Å²) in [4.78, 5) is 0. The molecule has 0 saturated heterocycles. The van der Waals surface area contributed by atoms with Crippen molar-refractivity contribution < 1.29 is 0 Å². The molecule has 0 heteroatoms. The van der Waals surface area contributed by atoms with E-state index < -0.39 is 0 Å². The molecule has 0 N–H and O–H groups in total. The van der Waals surface area contributed by atoms with Crippen LogP contribution in [-0.2, 0) is 0 Å². The highest BCUT2D eigenvalue weighted by Crippen LogP contribution is 2.42. The standard InChI is InChI=1S/C15H24.C2H6/c1-6-12-9-10-13(7-2)14(8-3)15(4,5)11-12;1-2/h7-8,12H,2-3,6,9-11H2,1,4-5H3;1-2H3. The molecule has 0 aliphatic heterocycles. The number of hydrogen-bond acceptors (Lipinski definition) is 0. The van der Waals surface area contributed by atoms with Gasteiger partial charge in [0.2, 0.25) is 0 Å². The molecule has 0 heterocycles. The monoisotopic (exact) mass is 234 g/mol. The molecule has 0 aromatic rings. The summed E-state index contributed by atoms with van der Waals surface area (Å²) in [5.41, 5.74) is 3.09. The molecular formula is C17H30. The van der Waals surface area contributed by atoms with Crippen molar-refractivity contribution in [2.75, 3.05) is 0 Å². The van der Waals surface area contributed by atoms with E-state index >= 15 is 0 Å². The first-order chi connectivity index (χ1) is 8.05. The minimum atomic E-state index is 0.266. The van der Waals surface area contributed by atoms with Gasteiger partial charge in [-0.1, -0.05) is 66.3 Å². The molecule has 0 fully saturated rings. The predicted octanol–water partition coefficient (Wildman–Crippen LogP) is 5.92. The Hall–Kier alpha value is -0.780. The van der Waals surface area contributed by atoms with E-state index in [9.17, 15) is 0 Å². The van der Waals surface area contributed by atoms with Crippen molar-refractivity contribution in [3.8, 4) is 0 Å². The van der Waals surface area contributed by atoms with Gasteiger partial charge >= 0.3 is 0 Å². The van der Waals surface area contributed by atoms with E-state index in [0.29, 0.717) is 0 Å². The third kappa shape index (κ3) is 4.18. The van der Waals surface area contributed by atoms with Crippen molar-refractivity contribution in [3.05, 3.63) is 36.5 Å². The zero-order chi connectivity index (χ0) is 13.5. The predicted molar refractivity (Wildman–Crippen MR) is 80.2 cm³/mol. The van der Waals surface area contributed by atoms with E-state index in [1.54, 1.807) is 0 Å². The minimum absolute atomic E-state index is 0.266. The Morgan fingerprint density at radius 2 is 1.82 bits per heavy atom. The molecule has 0 amide bonds. The summed E-state index contributed by atoms with van der Waals surface area (Å²) in [6.07, 6.45) is 9.11. The lowest BCUT2D eigenvalue weighted by molar-refractivity contribution is 0.312. The van der Waals surface area contributed by atoms with Gasteiger partial charge in [-0.2, -0.15) is 0 Å². The van der Waals surface area contributed by atoms with Gasteiger partial charge in [-0.05, 0) is 41.7 Å². The van der Waals surface area contributed by atoms with E-state index in [2.05, 4.69) is 33.9 Å². The second-order valence-corrected chi connectivity index (χ2v) is 5.25. The van der Waals surface area contributed by atoms with Crippen molar-refractivity contribution in [1.29, 1.82) is 0 Å². The quantitative estimate of drug-likeness (QED) is 0.569. The summed E-state index contributed by atoms with van der Waals surface area (Å²) >= 11 is 0. The Morgan fingerprint density at radius 1 is 1.24 bits per heavy atom. The largest absolute Gasteiger partial charge is 0.0988 e. The number of allylic oxidation sites excluding steroid dienone is 4. The van der Waals surface area contributed by atoms with Crippen LogP contribution in [0.5, 0.6) is 0 Å². The smallest absolute Gasteiger partial charge is 0.00984 e. The number of hydrogen-bond donors (Lipinski definition) is 0. The van der Waals surface area contributed by atoms with Gasteiger partial charge in [0.05, 0.1) is 0 Å². The SMILES string of the molecule is C=CC1=C(C=C)C(C)(C)CC(CC)CC1.CC. The van der Waals surface area contributed by atoms with Crippen LogP contribution >= 0.6 is 0 Å². The lowest BCUT2D eigenvalue weighted by Gasteiger charge is -2.29. The molecule has 0 radical (unpaired) electrons. The second kappa shape index (κ2) is 7.53. The fraction of sp³-hybridized carbons (Fsp3) is 0.647. The highest BCUT2D eigenvalue weighted by molar-refractivity contribution is 5.36. The van der Waals surface area contributed by atoms with Gasteiger partial charge in [-0.15, -0.1) is 0 Å². The Balaban J connectivity index is 0.00000121. The summed E-state index contributed by atoms with van der Waals surface area (Å²) in [5.74, 6) is 0.854. The van der Waals surface area contributed by atoms with Gasteiger partial charge in [0, 0.05) is 0 Å². The first kappa shape index (κ1) is 16.2. The fourth-order valence-electron chi connectivity index (χ4n) is 2.83. The van der Waals surface area contributed by atoms with E-state index in [4.69, 9.17) is 0 Å². The van der Waals surface area contributed by atoms with Gasteiger partial charge in [0.25, 0.3) is 0 Å². The molecule has 1 rings (SSSR count). The third-order valence-electron chi connectivity index (χ3n) is 3.72. The lowest BCUT2D eigenvalue weighted by atomic mass is 9.76. The van der Waals surface area contributed by atoms with E-state index in [-0.39, 0.29) is 5.41 Å². The molecule has 1 aliphatic rings. The Kier molecular flexibility index (Phi) is 7.18. The lowest BCUT2D eigenvalue weighted by Crippen LogP contribution is -2.17. The van der Waals surface area contributed by atoms with Gasteiger partial charge in [-0.3, -0.25) is 0 Å². The van der Waals surface area contributed by atoms with Gasteiger partial charge in [-0.25, -0.2) is 0 Å². The molecule has 0 nitrogen and oxygen atoms in total. The summed E-state index contributed by atoms with van der Waals surface area (Å²) < 4.78 is 0. The van der Waals surface area contributed by atoms with Crippen LogP contribution in [0.4, 0.5) is 0 Å². The minimum Gasteiger partial charge on any atom is -0.0988 e. The Bertz CT molecular complexity index is 278. The highest BCUT2D eigenvalue weighted by atomic mass is 14.3. The van der Waals surface area contributed by atoms with Crippen LogP contribution in [0.15, 0.2) is 36.5 Å². The molecule has 0 bridgehead atoms. The Labute approximate surface area is 109 Å². The fourth-order valence-corrected chi connectivity index (χ4v) is 2.83. The van der Waals surface area contributed by atoms with Crippen LogP contribution in [0, 0.1) is 11.3 Å². The van der Waals surface area contributed by atoms with E-state index in [0.717, 1.165) is 5.92 Å². The molecule has 0 aromatic heterocycles. The molecular weight excluding hydrogens is 204 g/mol. The molecule has 0 spiro atoms. The molecule has 1 aliphatic carbocycles. The molecule has 98 valence electrons. The average molecular weight is 234 g/mol. The van der Waals surface area contributed by atoms with Gasteiger partial charge in [0.15, 0.2) is 0 Å². The second-order valence-electron chi connectivity index (χ2n) is 5.25. The van der Waals surface area contributed by atoms with Crippen molar-refractivity contribution in [2.24, 2.45) is 11.3 Å². The topological polar surface area (TPSA) is 0 Å². The van der Waals surface area contributed by atoms with Crippen molar-refractivity contribution in [1.82, 2.24) is 0 Å². The van der Waals surface area contributed by atoms with Crippen LogP contribution < -0.4 is 0 Å². The summed E-state index contributed by atoms with van der Waals surface area (Å²) in [7, 11) is 0. The highest BCUT2D eigenvalue weighted by Gasteiger charge is 2.29. The summed E-state index contributed by atoms with van der Waals surface area (Å²) in [6, 6.07) is 0. The zero-order valence-electron chi connectivity index (χ0n) is 12.5. The maximum Gasteiger partial charge on any atom is -0.00984 e. The molecule has 17 heavy (non-hydrogen) atoms. The van der Waals surface area contributed by atoms with Crippen LogP contribution in [0.2, 0.25) is 0 Å². The molecule has 1 atom stereocenters. The maximum atomic E-state index is 3.97. The first-order valence-corrected chi connectivity index (χ1v) is 7.03. The van der Waals surface area contributed by atoms with Crippen LogP contribution in [0.3, 0.4) is 0 Å². The van der Waals surface area contributed by atoms with Crippen LogP contribution in [-0.4, -0.2) is 0 Å². The van der Waals surface area contributed by atoms with Crippen LogP contribution in [0.1, 0.15) is 60.3 Å². The van der Waals surface area contributed by atoms with E-state index in [1.165, 1.54) is 36.8 Å². The van der Waals surface area contributed by atoms with Crippen molar-refractivity contribution in [2.45, 2.75) is 60.3 Å². The van der Waals surface area contributed by atoms with Crippen LogP contribution in [0.25, 0.3) is 0 Å². The van der Waals surface area contributed by atoms with Crippen molar-refractivity contribution in [3.63, 3.8) is 0 Å². The molecule has 0 saturated carbocycles. The van der Waals surface area contributed by atoms with Crippen molar-refractivity contribution >= 4 is 0 Å². The molecule has 0 aromatic carbocycles. The summed E-state index contributed by atoms with van der Waals surface area (Å²) in [5, 5.41) is 0. The Morgan fingerprint density at radius 3 is 2.24 bits per heavy atom. The average Bonchev–Trinajstić information content (AvgIpc) is 2.46. The number of rotatable bonds is 3. The molecule has 1 unspecified atom stereocenters. The normalized spacial score (nSPS) is 23.2. The third-order valence-corrected chi connectivity index (χ3v) is 3.72. The van der Waals surface area contributed by atoms with Gasteiger partial charge in [0.1, 0.15) is 0 Å². The van der Waals surface area contributed by atoms with Gasteiger partial charge < -0.3 is 0 Å². The summed E-state index contributed by atoms with van der Waals surface area (Å²) in [6.45, 7) is 18.9.